The Labute approximate surface area is 193 Å². The van der Waals surface area contributed by atoms with Crippen LogP contribution in [-0.4, -0.2) is 23.4 Å². The minimum atomic E-state index is -0.724. The van der Waals surface area contributed by atoms with Gasteiger partial charge in [0, 0.05) is 11.3 Å². The maximum atomic E-state index is 13.1. The number of aliphatic hydroxyl groups excluding tert-OH is 1. The van der Waals surface area contributed by atoms with Crippen LogP contribution in [0, 0.1) is 0 Å². The zero-order valence-corrected chi connectivity index (χ0v) is 18.6. The number of nitrogens with zero attached hydrogens (tertiary/aromatic N) is 1. The topological polar surface area (TPSA) is 66.8 Å². The fraction of sp³-hybridized carbons (Fsp3) is 0.214. The van der Waals surface area contributed by atoms with E-state index in [-0.39, 0.29) is 11.3 Å². The molecule has 1 saturated heterocycles. The molecule has 0 radical (unpaired) electrons. The molecular weight excluding hydrogens is 414 g/mol. The standard InChI is InChI=1S/C28H27NO4/c1-2-3-10-19-33-23-17-15-21(16-18-23)26(30)24-25(20-11-6-4-7-12-20)29(28(32)27(24)31)22-13-8-5-9-14-22/h4-9,11-18,25,30H,2-3,10,19H2,1H3/b26-24-. The van der Waals surface area contributed by atoms with Crippen molar-refractivity contribution in [1.82, 2.24) is 0 Å². The highest BCUT2D eigenvalue weighted by atomic mass is 16.5. The van der Waals surface area contributed by atoms with Crippen LogP contribution in [0.3, 0.4) is 0 Å². The van der Waals surface area contributed by atoms with Crippen LogP contribution in [0.2, 0.25) is 0 Å². The smallest absolute Gasteiger partial charge is 0.300 e. The number of carbonyl (C=O) groups is 2. The Bertz CT molecular complexity index is 1140. The summed E-state index contributed by atoms with van der Waals surface area (Å²) in [6, 6.07) is 24.6. The van der Waals surface area contributed by atoms with Gasteiger partial charge < -0.3 is 9.84 Å². The zero-order chi connectivity index (χ0) is 23.2. The second-order valence-electron chi connectivity index (χ2n) is 8.00. The van der Waals surface area contributed by atoms with Gasteiger partial charge in [-0.3, -0.25) is 14.5 Å². The van der Waals surface area contributed by atoms with Crippen LogP contribution < -0.4 is 9.64 Å². The SMILES string of the molecule is CCCCCOc1ccc(/C(O)=C2/C(=O)C(=O)N(c3ccccc3)C2c2ccccc2)cc1. The fourth-order valence-electron chi connectivity index (χ4n) is 4.04. The molecule has 3 aromatic rings. The molecule has 33 heavy (non-hydrogen) atoms. The van der Waals surface area contributed by atoms with Crippen LogP contribution in [0.25, 0.3) is 5.76 Å². The number of unbranched alkanes of at least 4 members (excludes halogenated alkanes) is 2. The van der Waals surface area contributed by atoms with Gasteiger partial charge in [0.15, 0.2) is 0 Å². The number of benzene rings is 3. The number of hydrogen-bond acceptors (Lipinski definition) is 4. The predicted molar refractivity (Wildman–Crippen MR) is 129 cm³/mol. The molecule has 1 aliphatic heterocycles. The number of hydrogen-bond donors (Lipinski definition) is 1. The Balaban J connectivity index is 1.72. The molecule has 1 fully saturated rings. The Morgan fingerprint density at radius 2 is 1.52 bits per heavy atom. The van der Waals surface area contributed by atoms with Gasteiger partial charge >= 0.3 is 0 Å². The molecule has 1 amide bonds. The van der Waals surface area contributed by atoms with Gasteiger partial charge in [-0.1, -0.05) is 68.3 Å². The summed E-state index contributed by atoms with van der Waals surface area (Å²) < 4.78 is 5.74. The molecule has 168 valence electrons. The monoisotopic (exact) mass is 441 g/mol. The van der Waals surface area contributed by atoms with E-state index >= 15 is 0 Å². The van der Waals surface area contributed by atoms with Crippen LogP contribution in [0.5, 0.6) is 5.75 Å². The lowest BCUT2D eigenvalue weighted by atomic mass is 9.95. The summed E-state index contributed by atoms with van der Waals surface area (Å²) in [5, 5.41) is 11.2. The van der Waals surface area contributed by atoms with Gasteiger partial charge in [0.25, 0.3) is 11.7 Å². The third-order valence-electron chi connectivity index (χ3n) is 5.74. The molecule has 1 aliphatic rings. The Morgan fingerprint density at radius 3 is 2.15 bits per heavy atom. The first-order valence-corrected chi connectivity index (χ1v) is 11.3. The number of anilines is 1. The molecule has 1 atom stereocenters. The summed E-state index contributed by atoms with van der Waals surface area (Å²) in [5.74, 6) is -0.859. The minimum Gasteiger partial charge on any atom is -0.507 e. The Kier molecular flexibility index (Phi) is 6.89. The summed E-state index contributed by atoms with van der Waals surface area (Å²) in [4.78, 5) is 27.6. The third kappa shape index (κ3) is 4.67. The normalized spacial score (nSPS) is 17.4. The summed E-state index contributed by atoms with van der Waals surface area (Å²) in [7, 11) is 0. The van der Waals surface area contributed by atoms with E-state index in [1.165, 1.54) is 4.90 Å². The first kappa shape index (κ1) is 22.3. The van der Waals surface area contributed by atoms with Crippen molar-refractivity contribution >= 4 is 23.1 Å². The fourth-order valence-corrected chi connectivity index (χ4v) is 4.04. The number of rotatable bonds is 8. The first-order valence-electron chi connectivity index (χ1n) is 11.3. The highest BCUT2D eigenvalue weighted by molar-refractivity contribution is 6.51. The third-order valence-corrected chi connectivity index (χ3v) is 5.74. The lowest BCUT2D eigenvalue weighted by Crippen LogP contribution is -2.29. The lowest BCUT2D eigenvalue weighted by molar-refractivity contribution is -0.132. The molecule has 0 aromatic heterocycles. The molecule has 5 nitrogen and oxygen atoms in total. The highest BCUT2D eigenvalue weighted by Gasteiger charge is 2.46. The molecule has 5 heteroatoms. The van der Waals surface area contributed by atoms with E-state index in [1.54, 1.807) is 36.4 Å². The molecule has 0 saturated carbocycles. The van der Waals surface area contributed by atoms with E-state index in [4.69, 9.17) is 4.74 Å². The molecule has 0 spiro atoms. The van der Waals surface area contributed by atoms with Gasteiger partial charge in [-0.2, -0.15) is 0 Å². The van der Waals surface area contributed by atoms with E-state index in [2.05, 4.69) is 6.92 Å². The second kappa shape index (κ2) is 10.2. The zero-order valence-electron chi connectivity index (χ0n) is 18.6. The van der Waals surface area contributed by atoms with Crippen molar-refractivity contribution in [3.8, 4) is 5.75 Å². The summed E-state index contributed by atoms with van der Waals surface area (Å²) >= 11 is 0. The highest BCUT2D eigenvalue weighted by Crippen LogP contribution is 2.42. The maximum absolute atomic E-state index is 13.1. The molecule has 1 heterocycles. The molecule has 0 bridgehead atoms. The number of aliphatic hydroxyl groups is 1. The summed E-state index contributed by atoms with van der Waals surface area (Å²) in [6.07, 6.45) is 3.22. The number of para-hydroxylation sites is 1. The van der Waals surface area contributed by atoms with Crippen LogP contribution in [0.4, 0.5) is 5.69 Å². The van der Waals surface area contributed by atoms with E-state index in [0.29, 0.717) is 23.6 Å². The Hall–Kier alpha value is -3.86. The van der Waals surface area contributed by atoms with Crippen molar-refractivity contribution in [1.29, 1.82) is 0 Å². The van der Waals surface area contributed by atoms with Crippen molar-refractivity contribution in [2.45, 2.75) is 32.2 Å². The average Bonchev–Trinajstić information content (AvgIpc) is 3.13. The van der Waals surface area contributed by atoms with Crippen molar-refractivity contribution in [3.63, 3.8) is 0 Å². The number of ether oxygens (including phenoxy) is 1. The van der Waals surface area contributed by atoms with Crippen LogP contribution in [0.15, 0.2) is 90.5 Å². The van der Waals surface area contributed by atoms with Gasteiger partial charge in [-0.05, 0) is 48.4 Å². The van der Waals surface area contributed by atoms with Crippen molar-refractivity contribution in [2.24, 2.45) is 0 Å². The van der Waals surface area contributed by atoms with E-state index in [0.717, 1.165) is 24.8 Å². The van der Waals surface area contributed by atoms with Gasteiger partial charge in [0.2, 0.25) is 0 Å². The van der Waals surface area contributed by atoms with Gasteiger partial charge in [-0.25, -0.2) is 0 Å². The van der Waals surface area contributed by atoms with Crippen molar-refractivity contribution < 1.29 is 19.4 Å². The van der Waals surface area contributed by atoms with E-state index in [1.807, 2.05) is 48.5 Å². The van der Waals surface area contributed by atoms with Crippen LogP contribution >= 0.6 is 0 Å². The summed E-state index contributed by atoms with van der Waals surface area (Å²) in [5.41, 5.74) is 1.89. The van der Waals surface area contributed by atoms with Gasteiger partial charge in [-0.15, -0.1) is 0 Å². The quantitative estimate of drug-likeness (QED) is 0.205. The molecule has 1 unspecified atom stereocenters. The molecule has 4 rings (SSSR count). The minimum absolute atomic E-state index is 0.0756. The largest absolute Gasteiger partial charge is 0.507 e. The van der Waals surface area contributed by atoms with E-state index in [9.17, 15) is 14.7 Å². The predicted octanol–water partition coefficient (Wildman–Crippen LogP) is 5.88. The Morgan fingerprint density at radius 1 is 0.879 bits per heavy atom. The number of carbonyl (C=O) groups excluding carboxylic acids is 2. The van der Waals surface area contributed by atoms with Crippen molar-refractivity contribution in [3.05, 3.63) is 102 Å². The summed E-state index contributed by atoms with van der Waals surface area (Å²) in [6.45, 7) is 2.77. The molecule has 1 N–H and O–H groups in total. The number of ketones is 1. The first-order chi connectivity index (χ1) is 16.1. The second-order valence-corrected chi connectivity index (χ2v) is 8.00. The molecule has 0 aliphatic carbocycles. The van der Waals surface area contributed by atoms with E-state index < -0.39 is 17.7 Å². The number of amides is 1. The molecular formula is C28H27NO4. The van der Waals surface area contributed by atoms with Crippen LogP contribution in [-0.2, 0) is 9.59 Å². The molecule has 3 aromatic carbocycles. The van der Waals surface area contributed by atoms with Crippen LogP contribution in [0.1, 0.15) is 43.4 Å². The lowest BCUT2D eigenvalue weighted by Gasteiger charge is -2.25. The number of Topliss-reactive ketones (excluding diaryl/α,β-unsaturated/α-hetero) is 1. The van der Waals surface area contributed by atoms with Gasteiger partial charge in [0.1, 0.15) is 11.5 Å². The maximum Gasteiger partial charge on any atom is 0.300 e. The average molecular weight is 442 g/mol. The van der Waals surface area contributed by atoms with Crippen molar-refractivity contribution in [2.75, 3.05) is 11.5 Å². The van der Waals surface area contributed by atoms with Gasteiger partial charge in [0.05, 0.1) is 18.2 Å².